The third-order valence-electron chi connectivity index (χ3n) is 3.80. The van der Waals surface area contributed by atoms with Crippen LogP contribution in [0.3, 0.4) is 0 Å². The molecule has 1 atom stereocenters. The number of carbonyl (C=O) groups is 1. The predicted molar refractivity (Wildman–Crippen MR) is 121 cm³/mol. The first-order valence-corrected chi connectivity index (χ1v) is 10.7. The third kappa shape index (κ3) is 7.21. The van der Waals surface area contributed by atoms with Gasteiger partial charge < -0.3 is 14.2 Å². The van der Waals surface area contributed by atoms with E-state index in [4.69, 9.17) is 25.8 Å². The van der Waals surface area contributed by atoms with E-state index in [1.807, 2.05) is 26.0 Å². The van der Waals surface area contributed by atoms with Crippen LogP contribution in [0.25, 0.3) is 0 Å². The monoisotopic (exact) mass is 546 g/mol. The van der Waals surface area contributed by atoms with Crippen LogP contribution < -0.4 is 19.6 Å². The summed E-state index contributed by atoms with van der Waals surface area (Å²) in [6.07, 6.45) is 2.31. The maximum atomic E-state index is 11.9. The van der Waals surface area contributed by atoms with E-state index in [2.05, 4.69) is 42.4 Å². The van der Waals surface area contributed by atoms with Crippen LogP contribution in [0.4, 0.5) is 0 Å². The second-order valence-corrected chi connectivity index (χ2v) is 8.20. The van der Waals surface area contributed by atoms with Crippen molar-refractivity contribution >= 4 is 55.6 Å². The van der Waals surface area contributed by atoms with Gasteiger partial charge in [0.25, 0.3) is 5.91 Å². The van der Waals surface area contributed by atoms with Crippen LogP contribution in [0.15, 0.2) is 44.4 Å². The fraction of sp³-hybridized carbons (Fsp3) is 0.300. The van der Waals surface area contributed by atoms with E-state index in [-0.39, 0.29) is 12.7 Å². The van der Waals surface area contributed by atoms with Gasteiger partial charge in [-0.3, -0.25) is 4.79 Å². The lowest BCUT2D eigenvalue weighted by atomic mass is 10.2. The molecule has 1 N–H and O–H groups in total. The minimum Gasteiger partial charge on any atom is -0.493 e. The summed E-state index contributed by atoms with van der Waals surface area (Å²) in [5, 5.41) is 4.34. The van der Waals surface area contributed by atoms with Gasteiger partial charge in [0, 0.05) is 4.47 Å². The number of rotatable bonds is 9. The first-order chi connectivity index (χ1) is 13.8. The largest absolute Gasteiger partial charge is 0.493 e. The summed E-state index contributed by atoms with van der Waals surface area (Å²) in [6.45, 7) is 3.80. The van der Waals surface area contributed by atoms with Gasteiger partial charge in [0.1, 0.15) is 5.75 Å². The summed E-state index contributed by atoms with van der Waals surface area (Å²) in [6, 6.07) is 8.82. The van der Waals surface area contributed by atoms with E-state index >= 15 is 0 Å². The molecule has 6 nitrogen and oxygen atoms in total. The Morgan fingerprint density at radius 2 is 2.03 bits per heavy atom. The fourth-order valence-electron chi connectivity index (χ4n) is 2.16. The molecule has 0 spiro atoms. The highest BCUT2D eigenvalue weighted by molar-refractivity contribution is 9.11. The number of carbonyl (C=O) groups excluding carboxylic acids is 1. The molecule has 29 heavy (non-hydrogen) atoms. The Labute approximate surface area is 191 Å². The normalized spacial score (nSPS) is 11.9. The molecular weight excluding hydrogens is 527 g/mol. The van der Waals surface area contributed by atoms with Gasteiger partial charge >= 0.3 is 0 Å². The molecule has 156 valence electrons. The Kier molecular flexibility index (Phi) is 9.26. The summed E-state index contributed by atoms with van der Waals surface area (Å²) < 4.78 is 18.3. The number of nitrogens with one attached hydrogen (secondary N) is 1. The van der Waals surface area contributed by atoms with Gasteiger partial charge in [-0.15, -0.1) is 0 Å². The second kappa shape index (κ2) is 11.4. The van der Waals surface area contributed by atoms with Crippen molar-refractivity contribution in [3.05, 3.63) is 49.9 Å². The highest BCUT2D eigenvalue weighted by atomic mass is 79.9. The molecule has 0 aliphatic heterocycles. The molecule has 0 saturated heterocycles. The van der Waals surface area contributed by atoms with Crippen molar-refractivity contribution in [2.75, 3.05) is 13.7 Å². The first-order valence-electron chi connectivity index (χ1n) is 8.78. The number of hydrogen-bond donors (Lipinski definition) is 1. The standard InChI is InChI=1S/C20H21Br2ClN2O4/c1-4-12(2)29-20-16(23)7-13(8-18(20)27-3)10-24-25-19(26)11-28-17-6-5-14(21)9-15(17)22/h5-10,12H,4,11H2,1-3H3,(H,25,26)/b24-10+/t12-/m1/s1. The molecular formula is C20H21Br2ClN2O4. The van der Waals surface area contributed by atoms with Crippen LogP contribution in [0.1, 0.15) is 25.8 Å². The van der Waals surface area contributed by atoms with Gasteiger partial charge in [-0.1, -0.05) is 34.5 Å². The lowest BCUT2D eigenvalue weighted by Crippen LogP contribution is -2.24. The van der Waals surface area contributed by atoms with Gasteiger partial charge in [-0.2, -0.15) is 5.10 Å². The number of hydrogen-bond acceptors (Lipinski definition) is 5. The van der Waals surface area contributed by atoms with Crippen molar-refractivity contribution in [3.8, 4) is 17.2 Å². The van der Waals surface area contributed by atoms with E-state index in [0.717, 1.165) is 15.4 Å². The highest BCUT2D eigenvalue weighted by Gasteiger charge is 2.14. The number of halogens is 3. The smallest absolute Gasteiger partial charge is 0.277 e. The van der Waals surface area contributed by atoms with Crippen molar-refractivity contribution in [3.63, 3.8) is 0 Å². The molecule has 1 amide bonds. The molecule has 0 radical (unpaired) electrons. The molecule has 0 bridgehead atoms. The Morgan fingerprint density at radius 1 is 1.28 bits per heavy atom. The Bertz CT molecular complexity index is 893. The second-order valence-electron chi connectivity index (χ2n) is 6.03. The van der Waals surface area contributed by atoms with Crippen molar-refractivity contribution in [1.82, 2.24) is 5.43 Å². The van der Waals surface area contributed by atoms with Crippen LogP contribution >= 0.6 is 43.5 Å². The van der Waals surface area contributed by atoms with Gasteiger partial charge in [0.05, 0.1) is 28.9 Å². The minimum atomic E-state index is -0.397. The summed E-state index contributed by atoms with van der Waals surface area (Å²) in [5.74, 6) is 1.14. The van der Waals surface area contributed by atoms with Gasteiger partial charge in [-0.25, -0.2) is 5.43 Å². The maximum absolute atomic E-state index is 11.9. The van der Waals surface area contributed by atoms with E-state index in [1.165, 1.54) is 13.3 Å². The van der Waals surface area contributed by atoms with Crippen LogP contribution in [-0.4, -0.2) is 31.9 Å². The zero-order valence-corrected chi connectivity index (χ0v) is 20.1. The van der Waals surface area contributed by atoms with E-state index in [0.29, 0.717) is 27.8 Å². The molecule has 0 saturated carbocycles. The Hall–Kier alpha value is -1.77. The zero-order valence-electron chi connectivity index (χ0n) is 16.2. The van der Waals surface area contributed by atoms with Crippen molar-refractivity contribution < 1.29 is 19.0 Å². The predicted octanol–water partition coefficient (Wildman–Crippen LogP) is 5.58. The molecule has 0 aliphatic carbocycles. The van der Waals surface area contributed by atoms with Crippen LogP contribution in [0, 0.1) is 0 Å². The van der Waals surface area contributed by atoms with E-state index < -0.39 is 5.91 Å². The molecule has 0 heterocycles. The molecule has 2 rings (SSSR count). The topological polar surface area (TPSA) is 69.2 Å². The fourth-order valence-corrected chi connectivity index (χ4v) is 3.59. The van der Waals surface area contributed by atoms with E-state index in [9.17, 15) is 4.79 Å². The van der Waals surface area contributed by atoms with E-state index in [1.54, 1.807) is 18.2 Å². The zero-order chi connectivity index (χ0) is 21.4. The Morgan fingerprint density at radius 3 is 2.69 bits per heavy atom. The molecule has 0 aromatic heterocycles. The lowest BCUT2D eigenvalue weighted by molar-refractivity contribution is -0.123. The summed E-state index contributed by atoms with van der Waals surface area (Å²) in [4.78, 5) is 11.9. The number of amides is 1. The van der Waals surface area contributed by atoms with Crippen molar-refractivity contribution in [1.29, 1.82) is 0 Å². The lowest BCUT2D eigenvalue weighted by Gasteiger charge is -2.17. The van der Waals surface area contributed by atoms with Crippen LogP contribution in [0.2, 0.25) is 5.02 Å². The highest BCUT2D eigenvalue weighted by Crippen LogP contribution is 2.37. The number of nitrogens with zero attached hydrogens (tertiary/aromatic N) is 1. The number of benzene rings is 2. The van der Waals surface area contributed by atoms with Crippen molar-refractivity contribution in [2.24, 2.45) is 5.10 Å². The summed E-state index contributed by atoms with van der Waals surface area (Å²) in [5.41, 5.74) is 3.06. The molecule has 0 aliphatic rings. The quantitative estimate of drug-likeness (QED) is 0.328. The van der Waals surface area contributed by atoms with Gasteiger partial charge in [-0.05, 0) is 65.2 Å². The molecule has 9 heteroatoms. The molecule has 2 aromatic carbocycles. The average molecular weight is 549 g/mol. The van der Waals surface area contributed by atoms with Gasteiger partial charge in [0.15, 0.2) is 18.1 Å². The third-order valence-corrected chi connectivity index (χ3v) is 5.19. The van der Waals surface area contributed by atoms with Crippen LogP contribution in [0.5, 0.6) is 17.2 Å². The minimum absolute atomic E-state index is 0.00553. The Balaban J connectivity index is 1.96. The van der Waals surface area contributed by atoms with Crippen LogP contribution in [-0.2, 0) is 4.79 Å². The summed E-state index contributed by atoms with van der Waals surface area (Å²) in [7, 11) is 1.54. The average Bonchev–Trinajstić information content (AvgIpc) is 2.68. The molecule has 0 unspecified atom stereocenters. The number of ether oxygens (including phenoxy) is 3. The van der Waals surface area contributed by atoms with Gasteiger partial charge in [0.2, 0.25) is 0 Å². The number of hydrazone groups is 1. The summed E-state index contributed by atoms with van der Waals surface area (Å²) >= 11 is 13.0. The van der Waals surface area contributed by atoms with Crippen molar-refractivity contribution in [2.45, 2.75) is 26.4 Å². The molecule has 2 aromatic rings. The molecule has 0 fully saturated rings. The maximum Gasteiger partial charge on any atom is 0.277 e. The first kappa shape index (κ1) is 23.5. The SMILES string of the molecule is CC[C@@H](C)Oc1c(Cl)cc(/C=N/NC(=O)COc2ccc(Br)cc2Br)cc1OC. The number of methoxy groups -OCH3 is 1.